The lowest BCUT2D eigenvalue weighted by molar-refractivity contribution is 0.611. The van der Waals surface area contributed by atoms with Crippen molar-refractivity contribution in [1.82, 2.24) is 10.3 Å². The van der Waals surface area contributed by atoms with Crippen molar-refractivity contribution < 1.29 is 0 Å². The second kappa shape index (κ2) is 7.04. The number of rotatable bonds is 0. The molecule has 0 amide bonds. The fraction of sp³-hybridized carbons (Fsp3) is 0.316. The molecule has 2 aliphatic rings. The molecule has 0 bridgehead atoms. The Morgan fingerprint density at radius 1 is 0.957 bits per heavy atom. The summed E-state index contributed by atoms with van der Waals surface area (Å²) >= 11 is 6.23. The van der Waals surface area contributed by atoms with Crippen molar-refractivity contribution in [3.8, 4) is 0 Å². The molecular formula is C19H20Cl2N2. The van der Waals surface area contributed by atoms with E-state index in [-0.39, 0.29) is 12.4 Å². The summed E-state index contributed by atoms with van der Waals surface area (Å²) in [6.45, 7) is 2.12. The number of benzene rings is 1. The highest BCUT2D eigenvalue weighted by Gasteiger charge is 2.23. The van der Waals surface area contributed by atoms with Gasteiger partial charge in [-0.05, 0) is 73.7 Å². The Bertz CT molecular complexity index is 745. The van der Waals surface area contributed by atoms with Crippen molar-refractivity contribution in [2.75, 3.05) is 13.1 Å². The van der Waals surface area contributed by atoms with Crippen molar-refractivity contribution in [3.05, 3.63) is 69.5 Å². The van der Waals surface area contributed by atoms with Gasteiger partial charge in [0.05, 0.1) is 5.69 Å². The van der Waals surface area contributed by atoms with E-state index >= 15 is 0 Å². The topological polar surface area (TPSA) is 24.9 Å². The van der Waals surface area contributed by atoms with Crippen molar-refractivity contribution in [2.45, 2.75) is 25.7 Å². The molecule has 0 unspecified atom stereocenters. The van der Waals surface area contributed by atoms with Crippen LogP contribution in [0.5, 0.6) is 0 Å². The highest BCUT2D eigenvalue weighted by atomic mass is 35.5. The highest BCUT2D eigenvalue weighted by molar-refractivity contribution is 6.30. The molecule has 4 rings (SSSR count). The number of nitrogens with one attached hydrogen (secondary N) is 1. The third kappa shape index (κ3) is 3.16. The minimum absolute atomic E-state index is 0. The average Bonchev–Trinajstić information content (AvgIpc) is 2.72. The molecule has 0 saturated carbocycles. The Kier molecular flexibility index (Phi) is 5.05. The molecule has 0 radical (unpaired) electrons. The Labute approximate surface area is 148 Å². The molecule has 4 heteroatoms. The summed E-state index contributed by atoms with van der Waals surface area (Å²) in [7, 11) is 0. The summed E-state index contributed by atoms with van der Waals surface area (Å²) in [6, 6.07) is 10.6. The Balaban J connectivity index is 0.00000156. The van der Waals surface area contributed by atoms with Gasteiger partial charge in [-0.1, -0.05) is 29.3 Å². The van der Waals surface area contributed by atoms with Crippen LogP contribution in [0.4, 0.5) is 0 Å². The minimum atomic E-state index is 0. The number of hydrogen-bond acceptors (Lipinski definition) is 2. The van der Waals surface area contributed by atoms with Crippen molar-refractivity contribution >= 4 is 29.6 Å². The molecule has 0 spiro atoms. The summed E-state index contributed by atoms with van der Waals surface area (Å²) in [4.78, 5) is 4.75. The van der Waals surface area contributed by atoms with Crippen LogP contribution in [0.2, 0.25) is 5.02 Å². The molecule has 1 fully saturated rings. The molecule has 2 aromatic rings. The Hall–Kier alpha value is -1.35. The normalized spacial score (nSPS) is 16.9. The van der Waals surface area contributed by atoms with Crippen LogP contribution in [0.1, 0.15) is 35.2 Å². The molecule has 23 heavy (non-hydrogen) atoms. The van der Waals surface area contributed by atoms with Gasteiger partial charge in [0.25, 0.3) is 0 Å². The van der Waals surface area contributed by atoms with Crippen LogP contribution in [0.15, 0.2) is 42.1 Å². The maximum atomic E-state index is 6.23. The number of hydrogen-bond donors (Lipinski definition) is 1. The summed E-state index contributed by atoms with van der Waals surface area (Å²) in [5.41, 5.74) is 8.12. The molecule has 1 aromatic heterocycles. The van der Waals surface area contributed by atoms with Crippen LogP contribution in [0.3, 0.4) is 0 Å². The SMILES string of the molecule is Cl.Clc1ccc2c(c1)CCc1cccnc1C2=C1CCNCC1. The van der Waals surface area contributed by atoms with Crippen molar-refractivity contribution in [1.29, 1.82) is 0 Å². The zero-order valence-electron chi connectivity index (χ0n) is 12.9. The number of halogens is 2. The first-order valence-corrected chi connectivity index (χ1v) is 8.36. The van der Waals surface area contributed by atoms with E-state index in [1.54, 1.807) is 0 Å². The highest BCUT2D eigenvalue weighted by Crippen LogP contribution is 2.37. The van der Waals surface area contributed by atoms with Crippen molar-refractivity contribution in [3.63, 3.8) is 0 Å². The first kappa shape index (κ1) is 16.5. The smallest absolute Gasteiger partial charge is 0.0739 e. The standard InChI is InChI=1S/C19H19ClN2.ClH/c20-16-5-6-17-15(12-16)4-3-14-2-1-9-22-19(14)18(17)13-7-10-21-11-8-13;/h1-2,5-6,9,12,21H,3-4,7-8,10-11H2;1H. The summed E-state index contributed by atoms with van der Waals surface area (Å²) in [5.74, 6) is 0. The first-order chi connectivity index (χ1) is 10.8. The second-order valence-electron chi connectivity index (χ2n) is 6.04. The third-order valence-corrected chi connectivity index (χ3v) is 4.92. The molecule has 0 atom stereocenters. The van der Waals surface area contributed by atoms with Gasteiger partial charge in [-0.3, -0.25) is 4.98 Å². The third-order valence-electron chi connectivity index (χ3n) is 4.69. The maximum absolute atomic E-state index is 6.23. The molecule has 2 nitrogen and oxygen atoms in total. The zero-order chi connectivity index (χ0) is 14.9. The summed E-state index contributed by atoms with van der Waals surface area (Å²) in [6.07, 6.45) is 6.19. The molecular weight excluding hydrogens is 327 g/mol. The van der Waals surface area contributed by atoms with E-state index in [2.05, 4.69) is 23.5 Å². The van der Waals surface area contributed by atoms with Crippen LogP contribution >= 0.6 is 24.0 Å². The van der Waals surface area contributed by atoms with Gasteiger partial charge in [0.1, 0.15) is 0 Å². The van der Waals surface area contributed by atoms with Gasteiger partial charge in [0.2, 0.25) is 0 Å². The van der Waals surface area contributed by atoms with Gasteiger partial charge in [0, 0.05) is 16.8 Å². The van der Waals surface area contributed by atoms with Gasteiger partial charge in [-0.15, -0.1) is 12.4 Å². The van der Waals surface area contributed by atoms with E-state index < -0.39 is 0 Å². The molecule has 1 saturated heterocycles. The fourth-order valence-corrected chi connectivity index (χ4v) is 3.81. The molecule has 1 aromatic carbocycles. The molecule has 2 heterocycles. The lowest BCUT2D eigenvalue weighted by Gasteiger charge is -2.21. The van der Waals surface area contributed by atoms with E-state index in [4.69, 9.17) is 16.6 Å². The molecule has 1 aliphatic carbocycles. The van der Waals surface area contributed by atoms with Crippen LogP contribution in [-0.4, -0.2) is 18.1 Å². The first-order valence-electron chi connectivity index (χ1n) is 7.99. The van der Waals surface area contributed by atoms with Crippen molar-refractivity contribution in [2.24, 2.45) is 0 Å². The van der Waals surface area contributed by atoms with Crippen LogP contribution in [0, 0.1) is 0 Å². The van der Waals surface area contributed by atoms with Gasteiger partial charge in [-0.2, -0.15) is 0 Å². The van der Waals surface area contributed by atoms with Gasteiger partial charge in [-0.25, -0.2) is 0 Å². The lowest BCUT2D eigenvalue weighted by atomic mass is 9.89. The number of aryl methyl sites for hydroxylation is 2. The van der Waals surface area contributed by atoms with Crippen LogP contribution in [-0.2, 0) is 12.8 Å². The fourth-order valence-electron chi connectivity index (χ4n) is 3.61. The van der Waals surface area contributed by atoms with E-state index in [9.17, 15) is 0 Å². The van der Waals surface area contributed by atoms with Gasteiger partial charge >= 0.3 is 0 Å². The number of fused-ring (bicyclic) bond motifs is 2. The van der Waals surface area contributed by atoms with Crippen LogP contribution in [0.25, 0.3) is 5.57 Å². The quantitative estimate of drug-likeness (QED) is 0.762. The van der Waals surface area contributed by atoms with E-state index in [0.29, 0.717) is 0 Å². The number of piperidine rings is 1. The van der Waals surface area contributed by atoms with Gasteiger partial charge < -0.3 is 5.32 Å². The lowest BCUT2D eigenvalue weighted by Crippen LogP contribution is -2.24. The monoisotopic (exact) mass is 346 g/mol. The number of pyridine rings is 1. The Morgan fingerprint density at radius 3 is 2.57 bits per heavy atom. The molecule has 1 aliphatic heterocycles. The number of aromatic nitrogens is 1. The zero-order valence-corrected chi connectivity index (χ0v) is 14.5. The average molecular weight is 347 g/mol. The molecule has 120 valence electrons. The number of nitrogens with zero attached hydrogens (tertiary/aromatic N) is 1. The largest absolute Gasteiger partial charge is 0.316 e. The second-order valence-corrected chi connectivity index (χ2v) is 6.48. The van der Waals surface area contributed by atoms with E-state index in [1.807, 2.05) is 18.3 Å². The predicted octanol–water partition coefficient (Wildman–Crippen LogP) is 4.44. The summed E-state index contributed by atoms with van der Waals surface area (Å²) in [5, 5.41) is 4.28. The molecule has 1 N–H and O–H groups in total. The minimum Gasteiger partial charge on any atom is -0.316 e. The predicted molar refractivity (Wildman–Crippen MR) is 98.5 cm³/mol. The van der Waals surface area contributed by atoms with E-state index in [0.717, 1.165) is 43.8 Å². The Morgan fingerprint density at radius 2 is 1.74 bits per heavy atom. The van der Waals surface area contributed by atoms with Crippen LogP contribution < -0.4 is 5.32 Å². The van der Waals surface area contributed by atoms with E-state index in [1.165, 1.54) is 33.5 Å². The maximum Gasteiger partial charge on any atom is 0.0739 e. The van der Waals surface area contributed by atoms with Gasteiger partial charge in [0.15, 0.2) is 0 Å². The summed E-state index contributed by atoms with van der Waals surface area (Å²) < 4.78 is 0.